The smallest absolute Gasteiger partial charge is 0.123 e. The topological polar surface area (TPSA) is 41.5 Å². The van der Waals surface area contributed by atoms with E-state index >= 15 is 0 Å². The molecular formula is C14H22FNO2. The van der Waals surface area contributed by atoms with Gasteiger partial charge in [-0.3, -0.25) is 0 Å². The van der Waals surface area contributed by atoms with E-state index in [0.717, 1.165) is 19.4 Å². The molecule has 0 spiro atoms. The molecule has 1 aromatic rings. The van der Waals surface area contributed by atoms with Crippen molar-refractivity contribution in [2.45, 2.75) is 25.9 Å². The lowest BCUT2D eigenvalue weighted by Gasteiger charge is -2.12. The van der Waals surface area contributed by atoms with Gasteiger partial charge in [-0.15, -0.1) is 0 Å². The van der Waals surface area contributed by atoms with Crippen LogP contribution in [0, 0.1) is 5.82 Å². The van der Waals surface area contributed by atoms with Gasteiger partial charge in [0.05, 0.1) is 12.7 Å². The normalized spacial score (nSPS) is 12.6. The minimum absolute atomic E-state index is 0.325. The number of nitrogens with one attached hydrogen (secondary N) is 1. The molecule has 0 aliphatic rings. The first-order chi connectivity index (χ1) is 8.74. The highest BCUT2D eigenvalue weighted by atomic mass is 19.1. The van der Waals surface area contributed by atoms with Gasteiger partial charge < -0.3 is 15.2 Å². The Kier molecular flexibility index (Phi) is 7.57. The molecule has 18 heavy (non-hydrogen) atoms. The highest BCUT2D eigenvalue weighted by Crippen LogP contribution is 2.12. The van der Waals surface area contributed by atoms with E-state index in [1.165, 1.54) is 12.1 Å². The van der Waals surface area contributed by atoms with Crippen LogP contribution in [-0.4, -0.2) is 31.4 Å². The van der Waals surface area contributed by atoms with Gasteiger partial charge in [0.1, 0.15) is 5.82 Å². The molecule has 102 valence electrons. The Balaban J connectivity index is 2.12. The molecule has 0 bridgehead atoms. The fourth-order valence-corrected chi connectivity index (χ4v) is 1.56. The summed E-state index contributed by atoms with van der Waals surface area (Å²) in [4.78, 5) is 0. The first kappa shape index (κ1) is 15.1. The van der Waals surface area contributed by atoms with E-state index < -0.39 is 6.10 Å². The number of halogens is 1. The number of ether oxygens (including phenoxy) is 1. The van der Waals surface area contributed by atoms with Crippen LogP contribution >= 0.6 is 0 Å². The molecule has 2 N–H and O–H groups in total. The third kappa shape index (κ3) is 6.10. The summed E-state index contributed by atoms with van der Waals surface area (Å²) in [5.41, 5.74) is 0.592. The average molecular weight is 255 g/mol. The Morgan fingerprint density at radius 3 is 2.94 bits per heavy atom. The van der Waals surface area contributed by atoms with E-state index in [4.69, 9.17) is 4.74 Å². The van der Waals surface area contributed by atoms with Crippen molar-refractivity contribution in [2.75, 3.05) is 26.3 Å². The van der Waals surface area contributed by atoms with Crippen molar-refractivity contribution in [1.82, 2.24) is 5.32 Å². The van der Waals surface area contributed by atoms with Crippen LogP contribution in [0.15, 0.2) is 24.3 Å². The van der Waals surface area contributed by atoms with Crippen LogP contribution in [0.4, 0.5) is 4.39 Å². The number of rotatable bonds is 9. The zero-order chi connectivity index (χ0) is 13.2. The number of hydrogen-bond donors (Lipinski definition) is 2. The molecule has 1 rings (SSSR count). The van der Waals surface area contributed by atoms with Crippen molar-refractivity contribution in [2.24, 2.45) is 0 Å². The Hall–Kier alpha value is -0.970. The molecule has 1 aromatic carbocycles. The molecule has 0 saturated carbocycles. The van der Waals surface area contributed by atoms with E-state index in [9.17, 15) is 9.50 Å². The number of aliphatic hydroxyl groups excluding tert-OH is 1. The van der Waals surface area contributed by atoms with Gasteiger partial charge >= 0.3 is 0 Å². The third-order valence-corrected chi connectivity index (χ3v) is 2.64. The zero-order valence-corrected chi connectivity index (χ0v) is 10.9. The molecule has 0 fully saturated rings. The molecule has 1 unspecified atom stereocenters. The Bertz CT molecular complexity index is 333. The highest BCUT2D eigenvalue weighted by Gasteiger charge is 2.07. The van der Waals surface area contributed by atoms with Crippen molar-refractivity contribution < 1.29 is 14.2 Å². The maximum absolute atomic E-state index is 12.9. The minimum Gasteiger partial charge on any atom is -0.387 e. The molecular weight excluding hydrogens is 233 g/mol. The van der Waals surface area contributed by atoms with E-state index in [0.29, 0.717) is 25.3 Å². The van der Waals surface area contributed by atoms with Crippen LogP contribution in [-0.2, 0) is 4.74 Å². The summed E-state index contributed by atoms with van der Waals surface area (Å²) in [6.07, 6.45) is 1.52. The van der Waals surface area contributed by atoms with Gasteiger partial charge in [0.2, 0.25) is 0 Å². The van der Waals surface area contributed by atoms with Crippen LogP contribution in [0.5, 0.6) is 0 Å². The quantitative estimate of drug-likeness (QED) is 0.665. The van der Waals surface area contributed by atoms with Gasteiger partial charge in [-0.2, -0.15) is 0 Å². The summed E-state index contributed by atoms with van der Waals surface area (Å²) < 4.78 is 18.3. The van der Waals surface area contributed by atoms with Gasteiger partial charge in [-0.25, -0.2) is 4.39 Å². The minimum atomic E-state index is -0.684. The molecule has 4 heteroatoms. The molecule has 0 aromatic heterocycles. The van der Waals surface area contributed by atoms with E-state index in [1.807, 2.05) is 0 Å². The van der Waals surface area contributed by atoms with Gasteiger partial charge in [0.25, 0.3) is 0 Å². The lowest BCUT2D eigenvalue weighted by atomic mass is 10.1. The Morgan fingerprint density at radius 1 is 1.39 bits per heavy atom. The number of unbranched alkanes of at least 4 members (excludes halogenated alkanes) is 1. The monoisotopic (exact) mass is 255 g/mol. The number of benzene rings is 1. The van der Waals surface area contributed by atoms with Gasteiger partial charge in [-0.1, -0.05) is 25.5 Å². The first-order valence-corrected chi connectivity index (χ1v) is 6.46. The fourth-order valence-electron chi connectivity index (χ4n) is 1.56. The molecule has 0 radical (unpaired) electrons. The molecule has 1 atom stereocenters. The highest BCUT2D eigenvalue weighted by molar-refractivity contribution is 5.18. The summed E-state index contributed by atoms with van der Waals surface area (Å²) in [6.45, 7) is 4.63. The van der Waals surface area contributed by atoms with Gasteiger partial charge in [0.15, 0.2) is 0 Å². The summed E-state index contributed by atoms with van der Waals surface area (Å²) in [6, 6.07) is 6.03. The maximum atomic E-state index is 12.9. The maximum Gasteiger partial charge on any atom is 0.123 e. The second kappa shape index (κ2) is 9.03. The van der Waals surface area contributed by atoms with E-state index in [1.54, 1.807) is 12.1 Å². The van der Waals surface area contributed by atoms with Crippen LogP contribution in [0.25, 0.3) is 0 Å². The van der Waals surface area contributed by atoms with Crippen molar-refractivity contribution in [1.29, 1.82) is 0 Å². The van der Waals surface area contributed by atoms with Crippen molar-refractivity contribution in [3.8, 4) is 0 Å². The van der Waals surface area contributed by atoms with Crippen molar-refractivity contribution in [3.63, 3.8) is 0 Å². The lowest BCUT2D eigenvalue weighted by molar-refractivity contribution is 0.125. The number of hydrogen-bond acceptors (Lipinski definition) is 3. The zero-order valence-electron chi connectivity index (χ0n) is 10.9. The average Bonchev–Trinajstić information content (AvgIpc) is 2.37. The largest absolute Gasteiger partial charge is 0.387 e. The van der Waals surface area contributed by atoms with Crippen LogP contribution < -0.4 is 5.32 Å². The van der Waals surface area contributed by atoms with Crippen molar-refractivity contribution in [3.05, 3.63) is 35.6 Å². The molecule has 0 heterocycles. The number of aliphatic hydroxyl groups is 1. The van der Waals surface area contributed by atoms with E-state index in [2.05, 4.69) is 12.2 Å². The molecule has 0 aliphatic carbocycles. The third-order valence-electron chi connectivity index (χ3n) is 2.64. The van der Waals surface area contributed by atoms with Gasteiger partial charge in [-0.05, 0) is 24.1 Å². The van der Waals surface area contributed by atoms with Crippen molar-refractivity contribution >= 4 is 0 Å². The fraction of sp³-hybridized carbons (Fsp3) is 0.571. The summed E-state index contributed by atoms with van der Waals surface area (Å²) in [7, 11) is 0. The molecule has 3 nitrogen and oxygen atoms in total. The van der Waals surface area contributed by atoms with Crippen LogP contribution in [0.3, 0.4) is 0 Å². The SMILES string of the molecule is CCCCOCCNCC(O)c1cccc(F)c1. The first-order valence-electron chi connectivity index (χ1n) is 6.46. The lowest BCUT2D eigenvalue weighted by Crippen LogP contribution is -2.25. The standard InChI is InChI=1S/C14H22FNO2/c1-2-3-8-18-9-7-16-11-14(17)12-5-4-6-13(15)10-12/h4-6,10,14,16-17H,2-3,7-9,11H2,1H3. The molecule has 0 saturated heterocycles. The summed E-state index contributed by atoms with van der Waals surface area (Å²) in [5, 5.41) is 12.9. The Morgan fingerprint density at radius 2 is 2.22 bits per heavy atom. The summed E-state index contributed by atoms with van der Waals surface area (Å²) >= 11 is 0. The van der Waals surface area contributed by atoms with Gasteiger partial charge in [0, 0.05) is 19.7 Å². The molecule has 0 amide bonds. The molecule has 0 aliphatic heterocycles. The second-order valence-electron chi connectivity index (χ2n) is 4.24. The second-order valence-corrected chi connectivity index (χ2v) is 4.24. The summed E-state index contributed by atoms with van der Waals surface area (Å²) in [5.74, 6) is -0.325. The van der Waals surface area contributed by atoms with E-state index in [-0.39, 0.29) is 5.82 Å². The van der Waals surface area contributed by atoms with Crippen LogP contribution in [0.2, 0.25) is 0 Å². The predicted octanol–water partition coefficient (Wildman–Crippen LogP) is 2.27. The van der Waals surface area contributed by atoms with Crippen LogP contribution in [0.1, 0.15) is 31.4 Å². The Labute approximate surface area is 108 Å². The predicted molar refractivity (Wildman–Crippen MR) is 70.0 cm³/mol.